The van der Waals surface area contributed by atoms with Gasteiger partial charge in [-0.1, -0.05) is 17.7 Å². The van der Waals surface area contributed by atoms with E-state index in [0.717, 1.165) is 18.8 Å². The first kappa shape index (κ1) is 16.1. The van der Waals surface area contributed by atoms with Gasteiger partial charge in [0.25, 0.3) is 0 Å². The van der Waals surface area contributed by atoms with Crippen LogP contribution in [0.25, 0.3) is 0 Å². The van der Waals surface area contributed by atoms with E-state index >= 15 is 0 Å². The number of nitrogens with zero attached hydrogens (tertiary/aromatic N) is 4. The Morgan fingerprint density at radius 2 is 1.87 bits per heavy atom. The van der Waals surface area contributed by atoms with E-state index in [-0.39, 0.29) is 12.4 Å². The smallest absolute Gasteiger partial charge is 0.416 e. The van der Waals surface area contributed by atoms with Gasteiger partial charge in [0.2, 0.25) is 5.89 Å². The molecule has 1 aromatic carbocycles. The maximum atomic E-state index is 12.4. The molecule has 9 heteroatoms. The van der Waals surface area contributed by atoms with Crippen LogP contribution in [0.15, 0.2) is 28.7 Å². The number of hydrogen-bond acceptors (Lipinski definition) is 5. The Kier molecular flexibility index (Phi) is 4.45. The molecule has 3 rings (SSSR count). The van der Waals surface area contributed by atoms with E-state index in [0.29, 0.717) is 18.1 Å². The van der Waals surface area contributed by atoms with Crippen LogP contribution in [-0.4, -0.2) is 41.3 Å². The number of halogens is 4. The summed E-state index contributed by atoms with van der Waals surface area (Å²) >= 11 is 5.98. The highest BCUT2D eigenvalue weighted by molar-refractivity contribution is 6.30. The van der Waals surface area contributed by atoms with Gasteiger partial charge in [0.1, 0.15) is 0 Å². The highest BCUT2D eigenvalue weighted by Gasteiger charge is 2.38. The van der Waals surface area contributed by atoms with Gasteiger partial charge in [0.15, 0.2) is 0 Å². The van der Waals surface area contributed by atoms with Crippen LogP contribution in [0.3, 0.4) is 0 Å². The van der Waals surface area contributed by atoms with E-state index in [9.17, 15) is 13.2 Å². The van der Waals surface area contributed by atoms with Crippen LogP contribution in [0.2, 0.25) is 5.02 Å². The van der Waals surface area contributed by atoms with Crippen molar-refractivity contribution < 1.29 is 17.6 Å². The first-order valence-electron chi connectivity index (χ1n) is 7.04. The molecular weight excluding hydrogens is 333 g/mol. The maximum Gasteiger partial charge on any atom is 0.470 e. The van der Waals surface area contributed by atoms with Crippen molar-refractivity contribution in [2.75, 3.05) is 31.1 Å². The zero-order chi connectivity index (χ0) is 16.4. The first-order valence-corrected chi connectivity index (χ1v) is 7.42. The van der Waals surface area contributed by atoms with Crippen molar-refractivity contribution >= 4 is 17.3 Å². The molecule has 1 aromatic heterocycles. The lowest BCUT2D eigenvalue weighted by atomic mass is 10.2. The summed E-state index contributed by atoms with van der Waals surface area (Å²) < 4.78 is 41.9. The molecule has 2 aromatic rings. The number of rotatable bonds is 3. The predicted octanol–water partition coefficient (Wildman–Crippen LogP) is 3.06. The van der Waals surface area contributed by atoms with Crippen molar-refractivity contribution in [3.05, 3.63) is 41.1 Å². The van der Waals surface area contributed by atoms with E-state index < -0.39 is 12.1 Å². The average molecular weight is 347 g/mol. The highest BCUT2D eigenvalue weighted by Crippen LogP contribution is 2.28. The Bertz CT molecular complexity index is 668. The van der Waals surface area contributed by atoms with Crippen LogP contribution in [0.1, 0.15) is 11.8 Å². The molecule has 0 N–H and O–H groups in total. The molecule has 0 amide bonds. The molecule has 0 atom stereocenters. The van der Waals surface area contributed by atoms with Gasteiger partial charge in [-0.2, -0.15) is 13.2 Å². The Morgan fingerprint density at radius 1 is 1.13 bits per heavy atom. The fraction of sp³-hybridized carbons (Fsp3) is 0.429. The molecule has 2 heterocycles. The van der Waals surface area contributed by atoms with Crippen molar-refractivity contribution in [2.24, 2.45) is 0 Å². The summed E-state index contributed by atoms with van der Waals surface area (Å²) in [5.41, 5.74) is 1.04. The molecule has 0 radical (unpaired) electrons. The normalized spacial score (nSPS) is 16.8. The summed E-state index contributed by atoms with van der Waals surface area (Å²) in [7, 11) is 0. The molecule has 1 fully saturated rings. The molecule has 0 aliphatic carbocycles. The summed E-state index contributed by atoms with van der Waals surface area (Å²) in [4.78, 5) is 4.16. The van der Waals surface area contributed by atoms with Gasteiger partial charge in [-0.15, -0.1) is 10.2 Å². The minimum Gasteiger partial charge on any atom is -0.416 e. The third kappa shape index (κ3) is 3.94. The number of aromatic nitrogens is 2. The van der Waals surface area contributed by atoms with Crippen LogP contribution in [0.4, 0.5) is 18.9 Å². The molecule has 124 valence electrons. The molecule has 23 heavy (non-hydrogen) atoms. The topological polar surface area (TPSA) is 45.4 Å². The van der Waals surface area contributed by atoms with Gasteiger partial charge in [-0.05, 0) is 18.2 Å². The van der Waals surface area contributed by atoms with Crippen molar-refractivity contribution in [2.45, 2.75) is 12.7 Å². The predicted molar refractivity (Wildman–Crippen MR) is 78.2 cm³/mol. The molecule has 1 saturated heterocycles. The van der Waals surface area contributed by atoms with E-state index in [4.69, 9.17) is 11.6 Å². The minimum absolute atomic E-state index is 0.0199. The molecule has 1 aliphatic heterocycles. The summed E-state index contributed by atoms with van der Waals surface area (Å²) in [6, 6.07) is 7.58. The van der Waals surface area contributed by atoms with E-state index in [1.165, 1.54) is 0 Å². The average Bonchev–Trinajstić information content (AvgIpc) is 2.97. The molecule has 0 unspecified atom stereocenters. The van der Waals surface area contributed by atoms with Gasteiger partial charge >= 0.3 is 12.1 Å². The number of alkyl halides is 3. The molecule has 0 bridgehead atoms. The lowest BCUT2D eigenvalue weighted by Gasteiger charge is -2.35. The minimum atomic E-state index is -4.60. The number of hydrogen-bond donors (Lipinski definition) is 0. The maximum absolute atomic E-state index is 12.4. The Labute approximate surface area is 135 Å². The number of piperazine rings is 1. The fourth-order valence-electron chi connectivity index (χ4n) is 2.46. The van der Waals surface area contributed by atoms with Gasteiger partial charge in [0, 0.05) is 36.9 Å². The monoisotopic (exact) mass is 346 g/mol. The Morgan fingerprint density at radius 3 is 2.48 bits per heavy atom. The second-order valence-electron chi connectivity index (χ2n) is 5.24. The lowest BCUT2D eigenvalue weighted by Crippen LogP contribution is -2.46. The van der Waals surface area contributed by atoms with Crippen molar-refractivity contribution in [3.8, 4) is 0 Å². The molecule has 0 saturated carbocycles. The Hall–Kier alpha value is -1.80. The summed E-state index contributed by atoms with van der Waals surface area (Å²) in [6.45, 7) is 3.10. The fourth-order valence-corrected chi connectivity index (χ4v) is 2.64. The van der Waals surface area contributed by atoms with Gasteiger partial charge in [0.05, 0.1) is 6.54 Å². The second-order valence-corrected chi connectivity index (χ2v) is 5.68. The summed E-state index contributed by atoms with van der Waals surface area (Å²) in [5.74, 6) is -1.32. The van der Waals surface area contributed by atoms with Crippen LogP contribution in [-0.2, 0) is 12.7 Å². The summed E-state index contributed by atoms with van der Waals surface area (Å²) in [6.07, 6.45) is -4.60. The van der Waals surface area contributed by atoms with Gasteiger partial charge in [-0.3, -0.25) is 4.90 Å². The molecular formula is C14H14ClF3N4O. The third-order valence-corrected chi connectivity index (χ3v) is 3.85. The van der Waals surface area contributed by atoms with Crippen LogP contribution in [0.5, 0.6) is 0 Å². The van der Waals surface area contributed by atoms with Gasteiger partial charge < -0.3 is 9.32 Å². The third-order valence-electron chi connectivity index (χ3n) is 3.61. The van der Waals surface area contributed by atoms with Crippen LogP contribution in [0, 0.1) is 0 Å². The number of benzene rings is 1. The van der Waals surface area contributed by atoms with Crippen molar-refractivity contribution in [3.63, 3.8) is 0 Å². The van der Waals surface area contributed by atoms with E-state index in [1.54, 1.807) is 0 Å². The van der Waals surface area contributed by atoms with Crippen LogP contribution < -0.4 is 4.90 Å². The SMILES string of the molecule is FC(F)(F)c1nnc(CN2CCN(c3cccc(Cl)c3)CC2)o1. The molecule has 1 aliphatic rings. The van der Waals surface area contributed by atoms with Crippen molar-refractivity contribution in [1.82, 2.24) is 15.1 Å². The lowest BCUT2D eigenvalue weighted by molar-refractivity contribution is -0.157. The quantitative estimate of drug-likeness (QED) is 0.854. The zero-order valence-corrected chi connectivity index (χ0v) is 12.8. The second kappa shape index (κ2) is 6.37. The van der Waals surface area contributed by atoms with E-state index in [2.05, 4.69) is 19.5 Å². The number of anilines is 1. The first-order chi connectivity index (χ1) is 10.9. The Balaban J connectivity index is 1.56. The van der Waals surface area contributed by atoms with Crippen molar-refractivity contribution in [1.29, 1.82) is 0 Å². The van der Waals surface area contributed by atoms with E-state index in [1.807, 2.05) is 29.2 Å². The largest absolute Gasteiger partial charge is 0.470 e. The van der Waals surface area contributed by atoms with Crippen LogP contribution >= 0.6 is 11.6 Å². The zero-order valence-electron chi connectivity index (χ0n) is 12.1. The van der Waals surface area contributed by atoms with Gasteiger partial charge in [-0.25, -0.2) is 0 Å². The highest BCUT2D eigenvalue weighted by atomic mass is 35.5. The molecule has 5 nitrogen and oxygen atoms in total. The molecule has 0 spiro atoms. The summed E-state index contributed by atoms with van der Waals surface area (Å²) in [5, 5.41) is 7.16. The standard InChI is InChI=1S/C14H14ClF3N4O/c15-10-2-1-3-11(8-10)22-6-4-21(5-7-22)9-12-19-20-13(23-12)14(16,17)18/h1-3,8H,4-7,9H2.